The Kier molecular flexibility index (Phi) is 4.50. The highest BCUT2D eigenvalue weighted by Gasteiger charge is 2.17. The molecule has 1 amide bonds. The molecule has 0 bridgehead atoms. The van der Waals surface area contributed by atoms with E-state index in [1.54, 1.807) is 14.1 Å². The molecular formula is C8H16ClNO. The van der Waals surface area contributed by atoms with Crippen LogP contribution in [0.2, 0.25) is 0 Å². The van der Waals surface area contributed by atoms with Gasteiger partial charge in [-0.15, -0.1) is 11.6 Å². The summed E-state index contributed by atoms with van der Waals surface area (Å²) in [5.74, 6) is 0.474. The molecule has 0 rings (SSSR count). The Morgan fingerprint density at radius 3 is 2.18 bits per heavy atom. The Balaban J connectivity index is 3.83. The highest BCUT2D eigenvalue weighted by atomic mass is 35.5. The number of hydrogen-bond acceptors (Lipinski definition) is 1. The van der Waals surface area contributed by atoms with Crippen molar-refractivity contribution in [3.8, 4) is 0 Å². The zero-order chi connectivity index (χ0) is 9.02. The number of amides is 1. The van der Waals surface area contributed by atoms with E-state index in [4.69, 9.17) is 11.6 Å². The molecule has 0 aliphatic carbocycles. The Labute approximate surface area is 73.5 Å². The number of hydrogen-bond donors (Lipinski definition) is 0. The maximum absolute atomic E-state index is 11.2. The topological polar surface area (TPSA) is 20.3 Å². The third-order valence-electron chi connectivity index (χ3n) is 1.39. The van der Waals surface area contributed by atoms with Crippen molar-refractivity contribution in [3.63, 3.8) is 0 Å². The summed E-state index contributed by atoms with van der Waals surface area (Å²) in [6, 6.07) is 0. The molecule has 0 saturated heterocycles. The fourth-order valence-electron chi connectivity index (χ4n) is 0.795. The van der Waals surface area contributed by atoms with Gasteiger partial charge in [-0.25, -0.2) is 0 Å². The monoisotopic (exact) mass is 177 g/mol. The molecule has 0 saturated carbocycles. The molecule has 11 heavy (non-hydrogen) atoms. The van der Waals surface area contributed by atoms with Crippen LogP contribution in [-0.2, 0) is 4.79 Å². The van der Waals surface area contributed by atoms with Crippen LogP contribution >= 0.6 is 11.6 Å². The Hall–Kier alpha value is -0.240. The van der Waals surface area contributed by atoms with Gasteiger partial charge < -0.3 is 4.90 Å². The summed E-state index contributed by atoms with van der Waals surface area (Å²) in [4.78, 5) is 12.7. The van der Waals surface area contributed by atoms with Crippen LogP contribution in [0.5, 0.6) is 0 Å². The summed E-state index contributed by atoms with van der Waals surface area (Å²) in [6.45, 7) is 4.11. The molecule has 0 spiro atoms. The van der Waals surface area contributed by atoms with E-state index < -0.39 is 0 Å². The predicted molar refractivity (Wildman–Crippen MR) is 47.8 cm³/mol. The molecule has 1 atom stereocenters. The third-order valence-corrected chi connectivity index (χ3v) is 1.75. The minimum absolute atomic E-state index is 0.000340. The van der Waals surface area contributed by atoms with Crippen molar-refractivity contribution in [2.45, 2.75) is 25.6 Å². The molecule has 3 heteroatoms. The van der Waals surface area contributed by atoms with Crippen molar-refractivity contribution in [2.75, 3.05) is 14.1 Å². The van der Waals surface area contributed by atoms with Crippen LogP contribution in [-0.4, -0.2) is 30.3 Å². The molecule has 0 aromatic rings. The quantitative estimate of drug-likeness (QED) is 0.602. The van der Waals surface area contributed by atoms with Crippen LogP contribution in [0.15, 0.2) is 0 Å². The molecule has 1 unspecified atom stereocenters. The average molecular weight is 178 g/mol. The first-order valence-corrected chi connectivity index (χ1v) is 4.24. The normalized spacial score (nSPS) is 13.3. The SMILES string of the molecule is CC(C)CC(Cl)C(=O)N(C)C. The zero-order valence-corrected chi connectivity index (χ0v) is 8.35. The lowest BCUT2D eigenvalue weighted by molar-refractivity contribution is -0.128. The van der Waals surface area contributed by atoms with Gasteiger partial charge in [-0.2, -0.15) is 0 Å². The van der Waals surface area contributed by atoms with Crippen LogP contribution in [0.25, 0.3) is 0 Å². The fourth-order valence-corrected chi connectivity index (χ4v) is 1.35. The molecule has 66 valence electrons. The molecule has 0 heterocycles. The van der Waals surface area contributed by atoms with Gasteiger partial charge in [-0.3, -0.25) is 4.79 Å². The predicted octanol–water partition coefficient (Wildman–Crippen LogP) is 1.73. The summed E-state index contributed by atoms with van der Waals surface area (Å²) < 4.78 is 0. The van der Waals surface area contributed by atoms with Crippen molar-refractivity contribution < 1.29 is 4.79 Å². The molecule has 0 N–H and O–H groups in total. The molecule has 0 aliphatic rings. The lowest BCUT2D eigenvalue weighted by Gasteiger charge is -2.16. The van der Waals surface area contributed by atoms with Gasteiger partial charge in [0, 0.05) is 14.1 Å². The van der Waals surface area contributed by atoms with Crippen LogP contribution in [0, 0.1) is 5.92 Å². The van der Waals surface area contributed by atoms with E-state index in [-0.39, 0.29) is 11.3 Å². The highest BCUT2D eigenvalue weighted by molar-refractivity contribution is 6.30. The molecule has 0 aromatic carbocycles. The first-order chi connectivity index (χ1) is 4.95. The minimum Gasteiger partial charge on any atom is -0.348 e. The molecule has 0 aromatic heterocycles. The fraction of sp³-hybridized carbons (Fsp3) is 0.875. The first kappa shape index (κ1) is 10.8. The molecule has 0 fully saturated rings. The first-order valence-electron chi connectivity index (χ1n) is 3.80. The third kappa shape index (κ3) is 4.25. The highest BCUT2D eigenvalue weighted by Crippen LogP contribution is 2.11. The Morgan fingerprint density at radius 1 is 1.45 bits per heavy atom. The van der Waals surface area contributed by atoms with Gasteiger partial charge in [0.1, 0.15) is 5.38 Å². The minimum atomic E-state index is -0.356. The number of carbonyl (C=O) groups excluding carboxylic acids is 1. The Bertz CT molecular complexity index is 134. The maximum Gasteiger partial charge on any atom is 0.240 e. The van der Waals surface area contributed by atoms with Crippen LogP contribution in [0.1, 0.15) is 20.3 Å². The van der Waals surface area contributed by atoms with Gasteiger partial charge >= 0.3 is 0 Å². The van der Waals surface area contributed by atoms with Crippen molar-refractivity contribution in [1.29, 1.82) is 0 Å². The smallest absolute Gasteiger partial charge is 0.240 e. The van der Waals surface area contributed by atoms with Gasteiger partial charge in [0.2, 0.25) is 5.91 Å². The van der Waals surface area contributed by atoms with Crippen LogP contribution in [0.3, 0.4) is 0 Å². The van der Waals surface area contributed by atoms with Crippen molar-refractivity contribution in [2.24, 2.45) is 5.92 Å². The van der Waals surface area contributed by atoms with Gasteiger partial charge in [0.05, 0.1) is 0 Å². The van der Waals surface area contributed by atoms with Crippen molar-refractivity contribution >= 4 is 17.5 Å². The van der Waals surface area contributed by atoms with Gasteiger partial charge in [-0.1, -0.05) is 13.8 Å². The lowest BCUT2D eigenvalue weighted by atomic mass is 10.1. The van der Waals surface area contributed by atoms with E-state index >= 15 is 0 Å². The zero-order valence-electron chi connectivity index (χ0n) is 7.60. The van der Waals surface area contributed by atoms with Crippen molar-refractivity contribution in [1.82, 2.24) is 4.90 Å². The Morgan fingerprint density at radius 2 is 1.91 bits per heavy atom. The summed E-state index contributed by atoms with van der Waals surface area (Å²) in [6.07, 6.45) is 0.749. The number of halogens is 1. The lowest BCUT2D eigenvalue weighted by Crippen LogP contribution is -2.30. The second-order valence-corrected chi connectivity index (χ2v) is 3.86. The summed E-state index contributed by atoms with van der Waals surface area (Å²) in [5, 5.41) is -0.356. The number of carbonyl (C=O) groups is 1. The summed E-state index contributed by atoms with van der Waals surface area (Å²) >= 11 is 5.83. The number of alkyl halides is 1. The van der Waals surface area contributed by atoms with E-state index in [0.29, 0.717) is 5.92 Å². The number of rotatable bonds is 3. The average Bonchev–Trinajstić information content (AvgIpc) is 1.84. The maximum atomic E-state index is 11.2. The van der Waals surface area contributed by atoms with Crippen LogP contribution < -0.4 is 0 Å². The summed E-state index contributed by atoms with van der Waals surface area (Å²) in [5.41, 5.74) is 0. The largest absolute Gasteiger partial charge is 0.348 e. The van der Waals surface area contributed by atoms with E-state index in [1.165, 1.54) is 4.90 Å². The second kappa shape index (κ2) is 4.60. The standard InChI is InChI=1S/C8H16ClNO/c1-6(2)5-7(9)8(11)10(3)4/h6-7H,5H2,1-4H3. The van der Waals surface area contributed by atoms with E-state index in [0.717, 1.165) is 6.42 Å². The molecular weight excluding hydrogens is 162 g/mol. The van der Waals surface area contributed by atoms with E-state index in [1.807, 2.05) is 0 Å². The van der Waals surface area contributed by atoms with Gasteiger partial charge in [-0.05, 0) is 12.3 Å². The van der Waals surface area contributed by atoms with E-state index in [2.05, 4.69) is 13.8 Å². The second-order valence-electron chi connectivity index (χ2n) is 3.33. The molecule has 0 radical (unpaired) electrons. The van der Waals surface area contributed by atoms with Gasteiger partial charge in [0.15, 0.2) is 0 Å². The van der Waals surface area contributed by atoms with Gasteiger partial charge in [0.25, 0.3) is 0 Å². The number of nitrogens with zero attached hydrogens (tertiary/aromatic N) is 1. The molecule has 2 nitrogen and oxygen atoms in total. The summed E-state index contributed by atoms with van der Waals surface area (Å²) in [7, 11) is 3.44. The van der Waals surface area contributed by atoms with Crippen LogP contribution in [0.4, 0.5) is 0 Å². The molecule has 0 aliphatic heterocycles. The van der Waals surface area contributed by atoms with E-state index in [9.17, 15) is 4.79 Å². The van der Waals surface area contributed by atoms with Crippen molar-refractivity contribution in [3.05, 3.63) is 0 Å².